The van der Waals surface area contributed by atoms with Crippen LogP contribution in [-0.2, 0) is 6.54 Å². The first kappa shape index (κ1) is 21.7. The van der Waals surface area contributed by atoms with Crippen molar-refractivity contribution in [3.05, 3.63) is 70.4 Å². The number of para-hydroxylation sites is 1. The van der Waals surface area contributed by atoms with Crippen LogP contribution >= 0.6 is 0 Å². The number of carbonyl (C=O) groups excluding carboxylic acids is 1. The Morgan fingerprint density at radius 3 is 2.47 bits per heavy atom. The first-order valence-electron chi connectivity index (χ1n) is 11.0. The molecule has 8 heteroatoms. The number of rotatable bonds is 10. The maximum Gasteiger partial charge on any atom is 0.350 e. The van der Waals surface area contributed by atoms with E-state index in [9.17, 15) is 9.59 Å². The lowest BCUT2D eigenvalue weighted by molar-refractivity contribution is 0.0951. The van der Waals surface area contributed by atoms with Crippen molar-refractivity contribution in [2.45, 2.75) is 39.2 Å². The summed E-state index contributed by atoms with van der Waals surface area (Å²) in [4.78, 5) is 25.6. The third-order valence-electron chi connectivity index (χ3n) is 5.24. The van der Waals surface area contributed by atoms with Crippen LogP contribution in [0.3, 0.4) is 0 Å². The number of hydrogen-bond donors (Lipinski definition) is 1. The Bertz CT molecular complexity index is 1130. The monoisotopic (exact) mass is 436 g/mol. The van der Waals surface area contributed by atoms with Crippen LogP contribution in [0.1, 0.15) is 48.8 Å². The van der Waals surface area contributed by atoms with Gasteiger partial charge in [0.2, 0.25) is 0 Å². The van der Waals surface area contributed by atoms with E-state index < -0.39 is 0 Å². The van der Waals surface area contributed by atoms with Crippen LogP contribution in [0.25, 0.3) is 5.69 Å². The zero-order valence-electron chi connectivity index (χ0n) is 18.4. The van der Waals surface area contributed by atoms with Crippen molar-refractivity contribution < 1.29 is 14.3 Å². The van der Waals surface area contributed by atoms with Gasteiger partial charge in [-0.25, -0.2) is 14.0 Å². The van der Waals surface area contributed by atoms with Crippen LogP contribution < -0.4 is 20.5 Å². The highest BCUT2D eigenvalue weighted by Gasteiger charge is 2.31. The van der Waals surface area contributed by atoms with Crippen LogP contribution in [0.15, 0.2) is 53.3 Å². The van der Waals surface area contributed by atoms with Gasteiger partial charge < -0.3 is 14.8 Å². The smallest absolute Gasteiger partial charge is 0.350 e. The number of ether oxygens (including phenoxy) is 2. The lowest BCUT2D eigenvalue weighted by atomic mass is 10.2. The number of hydrogen-bond acceptors (Lipinski definition) is 5. The van der Waals surface area contributed by atoms with Gasteiger partial charge in [0.25, 0.3) is 5.91 Å². The molecule has 2 aromatic carbocycles. The fourth-order valence-electron chi connectivity index (χ4n) is 3.57. The summed E-state index contributed by atoms with van der Waals surface area (Å²) in [6, 6.07) is 14.6. The third-order valence-corrected chi connectivity index (χ3v) is 5.24. The molecule has 0 unspecified atom stereocenters. The SMILES string of the molecule is CCOc1ccc(C(=O)NCCn2nc(C3CC3)n(-c3ccccc3)c2=O)cc1OCC. The summed E-state index contributed by atoms with van der Waals surface area (Å²) in [6.07, 6.45) is 2.08. The molecular formula is C24H28N4O4. The molecular weight excluding hydrogens is 408 g/mol. The Balaban J connectivity index is 1.45. The topological polar surface area (TPSA) is 87.4 Å². The fourth-order valence-corrected chi connectivity index (χ4v) is 3.57. The molecule has 3 aromatic rings. The number of nitrogens with zero attached hydrogens (tertiary/aromatic N) is 3. The summed E-state index contributed by atoms with van der Waals surface area (Å²) in [6.45, 7) is 5.34. The maximum absolute atomic E-state index is 13.0. The van der Waals surface area contributed by atoms with Crippen LogP contribution in [0.5, 0.6) is 11.5 Å². The molecule has 168 valence electrons. The van der Waals surface area contributed by atoms with Crippen molar-refractivity contribution in [2.75, 3.05) is 19.8 Å². The lowest BCUT2D eigenvalue weighted by Crippen LogP contribution is -2.32. The molecule has 0 aliphatic heterocycles. The molecule has 8 nitrogen and oxygen atoms in total. The summed E-state index contributed by atoms with van der Waals surface area (Å²) in [5, 5.41) is 7.43. The van der Waals surface area contributed by atoms with Crippen LogP contribution in [0.4, 0.5) is 0 Å². The standard InChI is InChI=1S/C24H28N4O4/c1-3-31-20-13-12-18(16-21(20)32-4-2)23(29)25-14-15-27-24(30)28(19-8-6-5-7-9-19)22(26-27)17-10-11-17/h5-9,12-13,16-17H,3-4,10-11,14-15H2,1-2H3,(H,25,29). The summed E-state index contributed by atoms with van der Waals surface area (Å²) >= 11 is 0. The molecule has 1 aromatic heterocycles. The zero-order valence-corrected chi connectivity index (χ0v) is 18.4. The second kappa shape index (κ2) is 9.72. The molecule has 0 spiro atoms. The van der Waals surface area contributed by atoms with E-state index in [1.807, 2.05) is 44.2 Å². The Morgan fingerprint density at radius 2 is 1.78 bits per heavy atom. The molecule has 1 N–H and O–H groups in total. The van der Waals surface area contributed by atoms with Gasteiger partial charge in [-0.15, -0.1) is 0 Å². The predicted molar refractivity (Wildman–Crippen MR) is 121 cm³/mol. The van der Waals surface area contributed by atoms with Crippen LogP contribution in [0.2, 0.25) is 0 Å². The zero-order chi connectivity index (χ0) is 22.5. The molecule has 32 heavy (non-hydrogen) atoms. The Kier molecular flexibility index (Phi) is 6.58. The molecule has 1 aliphatic rings. The van der Waals surface area contributed by atoms with E-state index in [0.29, 0.717) is 42.7 Å². The summed E-state index contributed by atoms with van der Waals surface area (Å²) < 4.78 is 14.3. The van der Waals surface area contributed by atoms with Gasteiger partial charge in [0.15, 0.2) is 11.5 Å². The van der Waals surface area contributed by atoms with Crippen molar-refractivity contribution in [3.8, 4) is 17.2 Å². The van der Waals surface area contributed by atoms with E-state index in [2.05, 4.69) is 10.4 Å². The molecule has 1 amide bonds. The first-order valence-corrected chi connectivity index (χ1v) is 11.0. The van der Waals surface area contributed by atoms with Gasteiger partial charge in [-0.1, -0.05) is 18.2 Å². The highest BCUT2D eigenvalue weighted by Crippen LogP contribution is 2.39. The van der Waals surface area contributed by atoms with E-state index in [1.165, 1.54) is 4.68 Å². The summed E-state index contributed by atoms with van der Waals surface area (Å²) in [5.41, 5.74) is 1.09. The van der Waals surface area contributed by atoms with Gasteiger partial charge in [0.05, 0.1) is 25.4 Å². The number of aromatic nitrogens is 3. The average molecular weight is 437 g/mol. The minimum atomic E-state index is -0.244. The maximum atomic E-state index is 13.0. The number of carbonyl (C=O) groups is 1. The molecule has 1 fully saturated rings. The summed E-state index contributed by atoms with van der Waals surface area (Å²) in [5.74, 6) is 2.01. The van der Waals surface area contributed by atoms with E-state index in [-0.39, 0.29) is 18.1 Å². The highest BCUT2D eigenvalue weighted by atomic mass is 16.5. The van der Waals surface area contributed by atoms with Crippen molar-refractivity contribution in [1.82, 2.24) is 19.7 Å². The van der Waals surface area contributed by atoms with Gasteiger partial charge >= 0.3 is 5.69 Å². The molecule has 0 bridgehead atoms. The number of amides is 1. The normalized spacial score (nSPS) is 13.1. The average Bonchev–Trinajstić information content (AvgIpc) is 3.60. The fraction of sp³-hybridized carbons (Fsp3) is 0.375. The van der Waals surface area contributed by atoms with Crippen molar-refractivity contribution >= 4 is 5.91 Å². The van der Waals surface area contributed by atoms with E-state index >= 15 is 0 Å². The van der Waals surface area contributed by atoms with Gasteiger partial charge in [0.1, 0.15) is 5.82 Å². The second-order valence-corrected chi connectivity index (χ2v) is 7.59. The van der Waals surface area contributed by atoms with Crippen LogP contribution in [-0.4, -0.2) is 40.0 Å². The molecule has 1 heterocycles. The molecule has 1 saturated carbocycles. The van der Waals surface area contributed by atoms with E-state index in [1.54, 1.807) is 22.8 Å². The van der Waals surface area contributed by atoms with Crippen molar-refractivity contribution in [3.63, 3.8) is 0 Å². The van der Waals surface area contributed by atoms with Gasteiger partial charge in [-0.05, 0) is 57.0 Å². The van der Waals surface area contributed by atoms with Gasteiger partial charge in [-0.2, -0.15) is 5.10 Å². The molecule has 0 radical (unpaired) electrons. The molecule has 1 aliphatic carbocycles. The Hall–Kier alpha value is -3.55. The Labute approximate surface area is 186 Å². The first-order chi connectivity index (χ1) is 15.6. The molecule has 0 saturated heterocycles. The van der Waals surface area contributed by atoms with Gasteiger partial charge in [0, 0.05) is 18.0 Å². The van der Waals surface area contributed by atoms with Crippen molar-refractivity contribution in [2.24, 2.45) is 0 Å². The Morgan fingerprint density at radius 1 is 1.06 bits per heavy atom. The molecule has 4 rings (SSSR count). The second-order valence-electron chi connectivity index (χ2n) is 7.59. The number of benzene rings is 2. The van der Waals surface area contributed by atoms with E-state index in [0.717, 1.165) is 24.4 Å². The largest absolute Gasteiger partial charge is 0.490 e. The highest BCUT2D eigenvalue weighted by molar-refractivity contribution is 5.94. The molecule has 0 atom stereocenters. The number of nitrogens with one attached hydrogen (secondary N) is 1. The third kappa shape index (κ3) is 4.69. The summed E-state index contributed by atoms with van der Waals surface area (Å²) in [7, 11) is 0. The predicted octanol–water partition coefficient (Wildman–Crippen LogP) is 3.14. The quantitative estimate of drug-likeness (QED) is 0.528. The minimum absolute atomic E-state index is 0.188. The lowest BCUT2D eigenvalue weighted by Gasteiger charge is -2.12. The minimum Gasteiger partial charge on any atom is -0.490 e. The van der Waals surface area contributed by atoms with E-state index in [4.69, 9.17) is 9.47 Å². The van der Waals surface area contributed by atoms with Crippen molar-refractivity contribution in [1.29, 1.82) is 0 Å². The van der Waals surface area contributed by atoms with Gasteiger partial charge in [-0.3, -0.25) is 4.79 Å². The van der Waals surface area contributed by atoms with Crippen LogP contribution in [0, 0.1) is 0 Å².